The number of hydrogen-bond acceptors (Lipinski definition) is 6. The predicted octanol–water partition coefficient (Wildman–Crippen LogP) is 3.74. The fourth-order valence-electron chi connectivity index (χ4n) is 3.88. The quantitative estimate of drug-likeness (QED) is 0.702. The van der Waals surface area contributed by atoms with Gasteiger partial charge in [-0.2, -0.15) is 0 Å². The molecule has 9 heteroatoms. The van der Waals surface area contributed by atoms with Crippen molar-refractivity contribution in [1.29, 1.82) is 0 Å². The number of allylic oxidation sites excluding steroid dienone is 1. The summed E-state index contributed by atoms with van der Waals surface area (Å²) in [5.41, 5.74) is 2.02. The maximum Gasteiger partial charge on any atom is 0.247 e. The van der Waals surface area contributed by atoms with Crippen LogP contribution in [0, 0.1) is 0 Å². The summed E-state index contributed by atoms with van der Waals surface area (Å²) in [6, 6.07) is 5.95. The summed E-state index contributed by atoms with van der Waals surface area (Å²) in [7, 11) is 0. The fraction of sp³-hybridized carbons (Fsp3) is 0.450. The predicted molar refractivity (Wildman–Crippen MR) is 117 cm³/mol. The molecule has 0 saturated heterocycles. The minimum atomic E-state index is -2.20. The molecular weight excluding hydrogens is 430 g/mol. The highest BCUT2D eigenvalue weighted by molar-refractivity contribution is 7.80. The zero-order valence-corrected chi connectivity index (χ0v) is 18.1. The van der Waals surface area contributed by atoms with Crippen LogP contribution in [0.1, 0.15) is 43.0 Å². The van der Waals surface area contributed by atoms with Gasteiger partial charge in [-0.05, 0) is 67.5 Å². The largest absolute Gasteiger partial charge is 0.772 e. The van der Waals surface area contributed by atoms with E-state index in [1.807, 2.05) is 18.2 Å². The lowest BCUT2D eigenvalue weighted by Crippen LogP contribution is -2.38. The summed E-state index contributed by atoms with van der Waals surface area (Å²) in [6.45, 7) is 0.458. The number of aliphatic imine (C=N–C) groups is 1. The van der Waals surface area contributed by atoms with Gasteiger partial charge < -0.3 is 9.87 Å². The lowest BCUT2D eigenvalue weighted by Gasteiger charge is -2.28. The van der Waals surface area contributed by atoms with E-state index in [9.17, 15) is 13.6 Å². The van der Waals surface area contributed by atoms with Crippen molar-refractivity contribution in [2.45, 2.75) is 44.1 Å². The molecule has 0 radical (unpaired) electrons. The third-order valence-electron chi connectivity index (χ3n) is 5.37. The Hall–Kier alpha value is -1.61. The molecule has 29 heavy (non-hydrogen) atoms. The fourth-order valence-corrected chi connectivity index (χ4v) is 5.58. The number of benzene rings is 1. The van der Waals surface area contributed by atoms with Gasteiger partial charge in [0.15, 0.2) is 0 Å². The number of carbonyl (C=O) groups excluding carboxylic acids is 1. The van der Waals surface area contributed by atoms with Gasteiger partial charge in [0.1, 0.15) is 0 Å². The second-order valence-corrected chi connectivity index (χ2v) is 9.82. The molecule has 1 unspecified atom stereocenters. The summed E-state index contributed by atoms with van der Waals surface area (Å²) in [5.74, 6) is 0.168. The standard InChI is InChI=1S/C20H22ClN3O3S2/c21-14-3-6-18-17(10-14)24-20(28-18)12-1-4-15(5-2-12)23-19(25)13-7-8-22-16(9-13)11-29(26)27/h3,6,9-10,12,15H,1-2,4-5,7-8,11H2,(H,23,25)(H,26,27)/p-1. The van der Waals surface area contributed by atoms with Crippen LogP contribution >= 0.6 is 22.9 Å². The van der Waals surface area contributed by atoms with Crippen LogP contribution in [0.3, 0.4) is 0 Å². The Bertz CT molecular complexity index is 1010. The molecule has 1 aromatic carbocycles. The molecule has 1 fully saturated rings. The van der Waals surface area contributed by atoms with Gasteiger partial charge in [0.2, 0.25) is 5.91 Å². The van der Waals surface area contributed by atoms with Crippen LogP contribution in [-0.2, 0) is 15.9 Å². The van der Waals surface area contributed by atoms with Gasteiger partial charge in [-0.15, -0.1) is 11.3 Å². The minimum Gasteiger partial charge on any atom is -0.772 e. The van der Waals surface area contributed by atoms with Gasteiger partial charge in [0.25, 0.3) is 0 Å². The van der Waals surface area contributed by atoms with E-state index in [1.54, 1.807) is 17.4 Å². The van der Waals surface area contributed by atoms with Gasteiger partial charge in [-0.25, -0.2) is 4.98 Å². The molecule has 0 spiro atoms. The van der Waals surface area contributed by atoms with E-state index < -0.39 is 11.1 Å². The summed E-state index contributed by atoms with van der Waals surface area (Å²) < 4.78 is 22.9. The second kappa shape index (κ2) is 9.04. The summed E-state index contributed by atoms with van der Waals surface area (Å²) >= 11 is 5.59. The smallest absolute Gasteiger partial charge is 0.247 e. The normalized spacial score (nSPS) is 23.4. The Morgan fingerprint density at radius 1 is 1.31 bits per heavy atom. The lowest BCUT2D eigenvalue weighted by molar-refractivity contribution is -0.118. The average Bonchev–Trinajstić information content (AvgIpc) is 3.11. The molecule has 0 bridgehead atoms. The molecular formula is C20H21ClN3O3S2-. The molecule has 154 valence electrons. The first kappa shape index (κ1) is 20.7. The highest BCUT2D eigenvalue weighted by Gasteiger charge is 2.26. The van der Waals surface area contributed by atoms with Crippen molar-refractivity contribution in [3.8, 4) is 0 Å². The first-order chi connectivity index (χ1) is 14.0. The maximum absolute atomic E-state index is 12.6. The Kier molecular flexibility index (Phi) is 6.44. The van der Waals surface area contributed by atoms with E-state index in [0.29, 0.717) is 35.2 Å². The van der Waals surface area contributed by atoms with Crippen molar-refractivity contribution in [2.24, 2.45) is 4.99 Å². The van der Waals surface area contributed by atoms with Crippen LogP contribution < -0.4 is 5.32 Å². The van der Waals surface area contributed by atoms with Gasteiger partial charge in [-0.1, -0.05) is 11.6 Å². The zero-order chi connectivity index (χ0) is 20.4. The third-order valence-corrected chi connectivity index (χ3v) is 7.34. The van der Waals surface area contributed by atoms with Crippen molar-refractivity contribution < 1.29 is 13.6 Å². The van der Waals surface area contributed by atoms with Gasteiger partial charge in [0.05, 0.1) is 21.0 Å². The molecule has 1 N–H and O–H groups in total. The summed E-state index contributed by atoms with van der Waals surface area (Å²) in [4.78, 5) is 21.5. The highest BCUT2D eigenvalue weighted by atomic mass is 35.5. The summed E-state index contributed by atoms with van der Waals surface area (Å²) in [5, 5.41) is 4.97. The van der Waals surface area contributed by atoms with E-state index in [4.69, 9.17) is 16.6 Å². The number of amides is 1. The number of carbonyl (C=O) groups is 1. The lowest BCUT2D eigenvalue weighted by atomic mass is 9.86. The van der Waals surface area contributed by atoms with E-state index in [2.05, 4.69) is 10.3 Å². The molecule has 1 amide bonds. The highest BCUT2D eigenvalue weighted by Crippen LogP contribution is 2.37. The molecule has 2 aliphatic rings. The van der Waals surface area contributed by atoms with E-state index in [0.717, 1.165) is 40.9 Å². The zero-order valence-electron chi connectivity index (χ0n) is 15.7. The molecule has 1 aliphatic carbocycles. The average molecular weight is 451 g/mol. The van der Waals surface area contributed by atoms with E-state index in [1.165, 1.54) is 0 Å². The first-order valence-electron chi connectivity index (χ1n) is 9.64. The second-order valence-electron chi connectivity index (χ2n) is 7.43. The number of aromatic nitrogens is 1. The van der Waals surface area contributed by atoms with Crippen LogP contribution in [0.25, 0.3) is 10.2 Å². The van der Waals surface area contributed by atoms with Crippen molar-refractivity contribution in [3.63, 3.8) is 0 Å². The number of halogens is 1. The minimum absolute atomic E-state index is 0.104. The van der Waals surface area contributed by atoms with Crippen molar-refractivity contribution in [3.05, 3.63) is 39.9 Å². The van der Waals surface area contributed by atoms with Crippen LogP contribution in [-0.4, -0.2) is 43.7 Å². The van der Waals surface area contributed by atoms with Crippen molar-refractivity contribution in [2.75, 3.05) is 12.3 Å². The maximum atomic E-state index is 12.6. The van der Waals surface area contributed by atoms with Crippen LogP contribution in [0.2, 0.25) is 5.02 Å². The number of nitrogens with zero attached hydrogens (tertiary/aromatic N) is 2. The molecule has 2 heterocycles. The van der Waals surface area contributed by atoms with Crippen LogP contribution in [0.4, 0.5) is 0 Å². The Labute approximate surface area is 180 Å². The molecule has 6 nitrogen and oxygen atoms in total. The van der Waals surface area contributed by atoms with Gasteiger partial charge in [0, 0.05) is 34.8 Å². The molecule has 1 saturated carbocycles. The monoisotopic (exact) mass is 450 g/mol. The van der Waals surface area contributed by atoms with Gasteiger partial charge in [-0.3, -0.25) is 14.0 Å². The Morgan fingerprint density at radius 2 is 2.10 bits per heavy atom. The number of rotatable bonds is 5. The Balaban J connectivity index is 1.33. The molecule has 1 aromatic heterocycles. The van der Waals surface area contributed by atoms with E-state index in [-0.39, 0.29) is 17.7 Å². The molecule has 1 atom stereocenters. The first-order valence-corrected chi connectivity index (χ1v) is 12.1. The SMILES string of the molecule is O=C(NC1CCC(c2nc3cc(Cl)ccc3s2)CC1)C1=CC(CS(=O)[O-])=NCC1. The number of thiazole rings is 1. The number of hydrogen-bond donors (Lipinski definition) is 1. The Morgan fingerprint density at radius 3 is 2.86 bits per heavy atom. The number of fused-ring (bicyclic) bond motifs is 1. The van der Waals surface area contributed by atoms with Gasteiger partial charge >= 0.3 is 0 Å². The molecule has 1 aliphatic heterocycles. The van der Waals surface area contributed by atoms with Crippen LogP contribution in [0.15, 0.2) is 34.8 Å². The van der Waals surface area contributed by atoms with Crippen molar-refractivity contribution >= 4 is 55.9 Å². The van der Waals surface area contributed by atoms with Crippen LogP contribution in [0.5, 0.6) is 0 Å². The van der Waals surface area contributed by atoms with Crippen molar-refractivity contribution in [1.82, 2.24) is 10.3 Å². The number of nitrogens with one attached hydrogen (secondary N) is 1. The molecule has 4 rings (SSSR count). The summed E-state index contributed by atoms with van der Waals surface area (Å²) in [6.07, 6.45) is 5.95. The molecule has 2 aromatic rings. The third kappa shape index (κ3) is 5.12. The van der Waals surface area contributed by atoms with E-state index >= 15 is 0 Å². The number of dihydropyridines is 1. The topological polar surface area (TPSA) is 94.5 Å².